The van der Waals surface area contributed by atoms with Crippen LogP contribution in [0.1, 0.15) is 46.5 Å². The van der Waals surface area contributed by atoms with Crippen LogP contribution >= 0.6 is 20.2 Å². The first-order valence-corrected chi connectivity index (χ1v) is 22.4. The van der Waals surface area contributed by atoms with Gasteiger partial charge in [0, 0.05) is 26.5 Å². The standard InChI is InChI=1S/C30H57BIN2O15PS/c1-19(2)50(40,41)49-27-22(17-46-32-4)47-29(31-9-7-15-51)28(27)45-18-43-14-13-42-12-10-33-23(37)8-5-6-11-44-30-24(34-20(3)36)26(39)25(38)21(16-35)48-30/h19,21-22,24-30,35,38-39,51H,5-18H2,1-4H3,(H,33,37)(H,34,36)(H,40,41)/q-1. The van der Waals surface area contributed by atoms with Gasteiger partial charge in [-0.25, -0.2) is 0 Å². The second-order valence-electron chi connectivity index (χ2n) is 12.3. The number of ether oxygens (including phenoxy) is 6. The molecule has 2 fully saturated rings. The number of rotatable bonds is 27. The quantitative estimate of drug-likeness (QED) is 0.00805. The molecule has 17 nitrogen and oxygen atoms in total. The Bertz CT molecular complexity index is 1050. The molecule has 0 aliphatic carbocycles. The van der Waals surface area contributed by atoms with Crippen LogP contribution in [0.3, 0.4) is 0 Å². The Morgan fingerprint density at radius 2 is 1.75 bits per heavy atom. The van der Waals surface area contributed by atoms with Crippen LogP contribution in [-0.4, -0.2) is 164 Å². The molecule has 0 aromatic heterocycles. The van der Waals surface area contributed by atoms with E-state index in [1.807, 2.05) is 12.2 Å². The minimum atomic E-state index is -3.94. The van der Waals surface area contributed by atoms with E-state index in [4.69, 9.17) is 36.0 Å². The number of thiol groups is 1. The fourth-order valence-electron chi connectivity index (χ4n) is 5.15. The Hall–Kier alpha value is -0.165. The summed E-state index contributed by atoms with van der Waals surface area (Å²) in [4.78, 5) is 36.2. The Balaban J connectivity index is 1.65. The summed E-state index contributed by atoms with van der Waals surface area (Å²) in [5.41, 5.74) is -0.605. The van der Waals surface area contributed by atoms with E-state index in [9.17, 15) is 34.4 Å². The van der Waals surface area contributed by atoms with Crippen LogP contribution in [-0.2, 0) is 50.2 Å². The van der Waals surface area contributed by atoms with Gasteiger partial charge in [0.2, 0.25) is 11.8 Å². The molecule has 0 aromatic carbocycles. The molecule has 10 unspecified atom stereocenters. The van der Waals surface area contributed by atoms with Crippen LogP contribution in [0.4, 0.5) is 0 Å². The van der Waals surface area contributed by atoms with Crippen LogP contribution in [0.2, 0.25) is 6.32 Å². The van der Waals surface area contributed by atoms with Crippen molar-refractivity contribution >= 4 is 39.3 Å². The Morgan fingerprint density at radius 1 is 1.00 bits per heavy atom. The van der Waals surface area contributed by atoms with Crippen molar-refractivity contribution < 1.29 is 92.0 Å². The molecular formula is C30H57BIN2O15PS-. The normalized spacial score (nSPS) is 29.3. The van der Waals surface area contributed by atoms with E-state index in [2.05, 4.69) is 23.3 Å². The number of alkyl halides is 1. The van der Waals surface area contributed by atoms with Gasteiger partial charge in [0.25, 0.3) is 0 Å². The third-order valence-corrected chi connectivity index (χ3v) is 11.1. The Labute approximate surface area is 317 Å². The van der Waals surface area contributed by atoms with Gasteiger partial charge in [-0.15, -0.1) is 0 Å². The summed E-state index contributed by atoms with van der Waals surface area (Å²) in [6, 6.07) is -1.50. The first kappa shape index (κ1) is 47.0. The molecule has 21 heteroatoms. The van der Waals surface area contributed by atoms with Gasteiger partial charge in [-0.05, 0) is 12.8 Å². The van der Waals surface area contributed by atoms with Crippen LogP contribution in [0.25, 0.3) is 0 Å². The molecule has 299 valence electrons. The predicted octanol–water partition coefficient (Wildman–Crippen LogP) is -3.59. The molecule has 10 atom stereocenters. The van der Waals surface area contributed by atoms with E-state index in [1.165, 1.54) is 6.92 Å². The van der Waals surface area contributed by atoms with Gasteiger partial charge >= 0.3 is 186 Å². The average Bonchev–Trinajstić information content (AvgIpc) is 3.40. The molecule has 2 aliphatic heterocycles. The SMILES string of the molecule is C[I-]OCC1OC([B]CCCS)C(OCOCCOCCNC(=O)CCCCOC2OC(CO)C(O)C(O)C2NC(C)=O)C1OP(=O)(O)C(C)C. The number of aliphatic hydroxyl groups excluding tert-OH is 3. The number of unbranched alkanes of at least 4 members (excludes halogenated alkanes) is 1. The third-order valence-electron chi connectivity index (χ3n) is 7.98. The molecule has 2 saturated heterocycles. The van der Waals surface area contributed by atoms with Crippen molar-refractivity contribution in [3.05, 3.63) is 0 Å². The fourth-order valence-corrected chi connectivity index (χ4v) is 6.89. The molecule has 2 amide bonds. The van der Waals surface area contributed by atoms with Crippen LogP contribution < -0.4 is 32.3 Å². The summed E-state index contributed by atoms with van der Waals surface area (Å²) < 4.78 is 58.7. The summed E-state index contributed by atoms with van der Waals surface area (Å²) in [5, 5.41) is 35.1. The van der Waals surface area contributed by atoms with Gasteiger partial charge in [-0.1, -0.05) is 0 Å². The number of hydrogen-bond donors (Lipinski definition) is 7. The average molecular weight is 887 g/mol. The first-order chi connectivity index (χ1) is 24.4. The zero-order chi connectivity index (χ0) is 37.8. The van der Waals surface area contributed by atoms with E-state index in [-0.39, 0.29) is 52.2 Å². The summed E-state index contributed by atoms with van der Waals surface area (Å²) in [5.74, 6) is 0.0953. The molecule has 0 aromatic rings. The molecule has 6 N–H and O–H groups in total. The Morgan fingerprint density at radius 3 is 2.41 bits per heavy atom. The van der Waals surface area contributed by atoms with Gasteiger partial charge in [-0.3, -0.25) is 9.59 Å². The summed E-state index contributed by atoms with van der Waals surface area (Å²) in [7, 11) is -1.98. The fraction of sp³-hybridized carbons (Fsp3) is 0.933. The van der Waals surface area contributed by atoms with E-state index in [0.29, 0.717) is 25.1 Å². The van der Waals surface area contributed by atoms with Crippen LogP contribution in [0.5, 0.6) is 0 Å². The van der Waals surface area contributed by atoms with Crippen LogP contribution in [0.15, 0.2) is 0 Å². The number of amides is 2. The van der Waals surface area contributed by atoms with Gasteiger partial charge in [0.15, 0.2) is 6.29 Å². The Kier molecular flexibility index (Phi) is 23.8. The van der Waals surface area contributed by atoms with Crippen LogP contribution in [0, 0.1) is 0 Å². The van der Waals surface area contributed by atoms with Crippen molar-refractivity contribution in [3.63, 3.8) is 0 Å². The molecule has 2 aliphatic rings. The van der Waals surface area contributed by atoms with Crippen molar-refractivity contribution in [2.24, 2.45) is 0 Å². The zero-order valence-electron chi connectivity index (χ0n) is 29.8. The summed E-state index contributed by atoms with van der Waals surface area (Å²) in [6.45, 7) is 5.25. The molecule has 0 spiro atoms. The molecule has 2 heterocycles. The van der Waals surface area contributed by atoms with Gasteiger partial charge in [0.05, 0.1) is 6.61 Å². The maximum absolute atomic E-state index is 12.8. The number of hydrogen-bond acceptors (Lipinski definition) is 15. The molecule has 2 rings (SSSR count). The van der Waals surface area contributed by atoms with Crippen molar-refractivity contribution in [1.29, 1.82) is 0 Å². The monoisotopic (exact) mass is 886 g/mol. The van der Waals surface area contributed by atoms with E-state index in [1.54, 1.807) is 13.8 Å². The van der Waals surface area contributed by atoms with Crippen molar-refractivity contribution in [1.82, 2.24) is 10.6 Å². The van der Waals surface area contributed by atoms with Crippen molar-refractivity contribution in [2.45, 2.75) is 113 Å². The molecule has 1 radical (unpaired) electrons. The number of carbonyl (C=O) groups is 2. The molecule has 0 bridgehead atoms. The van der Waals surface area contributed by atoms with E-state index in [0.717, 1.165) is 12.7 Å². The molecule has 51 heavy (non-hydrogen) atoms. The first-order valence-electron chi connectivity index (χ1n) is 17.1. The van der Waals surface area contributed by atoms with E-state index >= 15 is 0 Å². The van der Waals surface area contributed by atoms with Gasteiger partial charge < -0.3 is 35.4 Å². The van der Waals surface area contributed by atoms with Crippen molar-refractivity contribution in [2.75, 3.05) is 63.7 Å². The second kappa shape index (κ2) is 25.8. The second-order valence-corrected chi connectivity index (χ2v) is 16.6. The number of carbonyl (C=O) groups excluding carboxylic acids is 2. The summed E-state index contributed by atoms with van der Waals surface area (Å²) >= 11 is 3.78. The zero-order valence-corrected chi connectivity index (χ0v) is 33.7. The van der Waals surface area contributed by atoms with Gasteiger partial charge in [0.1, 0.15) is 24.4 Å². The maximum atomic E-state index is 12.8. The molecular weight excluding hydrogens is 829 g/mol. The number of halogens is 1. The molecule has 0 saturated carbocycles. The summed E-state index contributed by atoms with van der Waals surface area (Å²) in [6.07, 6.45) is -4.23. The topological polar surface area (TPSA) is 230 Å². The van der Waals surface area contributed by atoms with Gasteiger partial charge in [-0.2, -0.15) is 0 Å². The van der Waals surface area contributed by atoms with E-state index < -0.39 is 102 Å². The third kappa shape index (κ3) is 17.0. The van der Waals surface area contributed by atoms with Crippen molar-refractivity contribution in [3.8, 4) is 0 Å². The number of nitrogens with one attached hydrogen (secondary N) is 2. The number of aliphatic hydroxyl groups is 3. The predicted molar refractivity (Wildman–Crippen MR) is 184 cm³/mol. The minimum absolute atomic E-state index is 0.119.